The van der Waals surface area contributed by atoms with Crippen LogP contribution in [0.5, 0.6) is 0 Å². The molecule has 1 amide bonds. The molecule has 2 aliphatic heterocycles. The summed E-state index contributed by atoms with van der Waals surface area (Å²) >= 11 is 0. The van der Waals surface area contributed by atoms with Gasteiger partial charge in [-0.15, -0.1) is 0 Å². The minimum Gasteiger partial charge on any atom is -0.378 e. The van der Waals surface area contributed by atoms with Gasteiger partial charge in [0.25, 0.3) is 0 Å². The van der Waals surface area contributed by atoms with Crippen molar-refractivity contribution >= 4 is 5.91 Å². The summed E-state index contributed by atoms with van der Waals surface area (Å²) < 4.78 is 7.57. The van der Waals surface area contributed by atoms with Crippen molar-refractivity contribution in [2.24, 2.45) is 0 Å². The number of carbonyl (C=O) groups is 1. The fraction of sp³-hybridized carbons (Fsp3) is 0.750. The van der Waals surface area contributed by atoms with Crippen molar-refractivity contribution in [1.82, 2.24) is 14.7 Å². The smallest absolute Gasteiger partial charge is 0.222 e. The van der Waals surface area contributed by atoms with Gasteiger partial charge in [0.1, 0.15) is 0 Å². The lowest BCUT2D eigenvalue weighted by atomic mass is 10.1. The van der Waals surface area contributed by atoms with Crippen LogP contribution in [-0.2, 0) is 16.1 Å². The molecule has 1 aromatic heterocycles. The maximum Gasteiger partial charge on any atom is 0.222 e. The van der Waals surface area contributed by atoms with E-state index in [-0.39, 0.29) is 5.91 Å². The molecule has 0 saturated carbocycles. The summed E-state index contributed by atoms with van der Waals surface area (Å²) in [5.74, 6) is 0.289. The first-order chi connectivity index (χ1) is 10.2. The van der Waals surface area contributed by atoms with E-state index in [2.05, 4.69) is 10.00 Å². The lowest BCUT2D eigenvalue weighted by Crippen LogP contribution is -2.38. The van der Waals surface area contributed by atoms with Gasteiger partial charge in [-0.1, -0.05) is 0 Å². The van der Waals surface area contributed by atoms with Crippen molar-refractivity contribution < 1.29 is 9.53 Å². The molecule has 116 valence electrons. The quantitative estimate of drug-likeness (QED) is 0.835. The normalized spacial score (nSPS) is 25.7. The van der Waals surface area contributed by atoms with Crippen LogP contribution in [0.4, 0.5) is 0 Å². The second kappa shape index (κ2) is 6.60. The van der Waals surface area contributed by atoms with Gasteiger partial charge in [-0.05, 0) is 44.6 Å². The van der Waals surface area contributed by atoms with Crippen LogP contribution >= 0.6 is 0 Å². The summed E-state index contributed by atoms with van der Waals surface area (Å²) in [5, 5.41) is 4.34. The SMILES string of the molecule is Cc1cnn(C[C@@H]2CCCN2C(=O)CC[C@H]2CCCO2)c1. The molecule has 1 aromatic rings. The van der Waals surface area contributed by atoms with Crippen molar-refractivity contribution in [2.45, 2.75) is 64.1 Å². The third-order valence-corrected chi connectivity index (χ3v) is 4.56. The highest BCUT2D eigenvalue weighted by Gasteiger charge is 2.29. The Morgan fingerprint density at radius 3 is 3.05 bits per heavy atom. The first-order valence-corrected chi connectivity index (χ1v) is 8.12. The highest BCUT2D eigenvalue weighted by Crippen LogP contribution is 2.22. The molecule has 3 heterocycles. The van der Waals surface area contributed by atoms with Gasteiger partial charge in [-0.2, -0.15) is 5.10 Å². The van der Waals surface area contributed by atoms with E-state index in [9.17, 15) is 4.79 Å². The van der Waals surface area contributed by atoms with Gasteiger partial charge < -0.3 is 9.64 Å². The molecule has 0 N–H and O–H groups in total. The van der Waals surface area contributed by atoms with Crippen molar-refractivity contribution in [3.05, 3.63) is 18.0 Å². The zero-order valence-corrected chi connectivity index (χ0v) is 12.8. The Morgan fingerprint density at radius 1 is 1.43 bits per heavy atom. The second-order valence-corrected chi connectivity index (χ2v) is 6.30. The molecule has 0 spiro atoms. The number of amides is 1. The zero-order valence-electron chi connectivity index (χ0n) is 12.8. The van der Waals surface area contributed by atoms with Gasteiger partial charge in [0, 0.05) is 25.8 Å². The lowest BCUT2D eigenvalue weighted by molar-refractivity contribution is -0.132. The van der Waals surface area contributed by atoms with E-state index in [0.717, 1.165) is 51.8 Å². The molecule has 0 aliphatic carbocycles. The van der Waals surface area contributed by atoms with Crippen LogP contribution < -0.4 is 0 Å². The van der Waals surface area contributed by atoms with E-state index in [1.165, 1.54) is 5.56 Å². The maximum absolute atomic E-state index is 12.4. The average Bonchev–Trinajstić information content (AvgIpc) is 3.19. The molecule has 0 bridgehead atoms. The largest absolute Gasteiger partial charge is 0.378 e. The molecular formula is C16H25N3O2. The molecular weight excluding hydrogens is 266 g/mol. The first kappa shape index (κ1) is 14.6. The molecule has 2 aliphatic rings. The fourth-order valence-electron chi connectivity index (χ4n) is 3.44. The van der Waals surface area contributed by atoms with Crippen LogP contribution in [0, 0.1) is 6.92 Å². The Bertz CT molecular complexity index is 480. The fourth-order valence-corrected chi connectivity index (χ4v) is 3.44. The van der Waals surface area contributed by atoms with Gasteiger partial charge in [0.05, 0.1) is 24.9 Å². The summed E-state index contributed by atoms with van der Waals surface area (Å²) in [6, 6.07) is 0.307. The number of rotatable bonds is 5. The maximum atomic E-state index is 12.4. The van der Waals surface area contributed by atoms with E-state index in [1.54, 1.807) is 0 Å². The molecule has 2 saturated heterocycles. The van der Waals surface area contributed by atoms with Crippen LogP contribution in [0.25, 0.3) is 0 Å². The minimum atomic E-state index is 0.289. The van der Waals surface area contributed by atoms with Gasteiger partial charge in [-0.25, -0.2) is 0 Å². The molecule has 5 heteroatoms. The number of nitrogens with zero attached hydrogens (tertiary/aromatic N) is 3. The van der Waals surface area contributed by atoms with Gasteiger partial charge >= 0.3 is 0 Å². The van der Waals surface area contributed by atoms with Gasteiger partial charge in [0.2, 0.25) is 5.91 Å². The second-order valence-electron chi connectivity index (χ2n) is 6.30. The molecule has 21 heavy (non-hydrogen) atoms. The minimum absolute atomic E-state index is 0.289. The summed E-state index contributed by atoms with van der Waals surface area (Å²) in [4.78, 5) is 14.5. The predicted octanol–water partition coefficient (Wildman–Crippen LogP) is 2.14. The van der Waals surface area contributed by atoms with Crippen molar-refractivity contribution in [1.29, 1.82) is 0 Å². The summed E-state index contributed by atoms with van der Waals surface area (Å²) in [5.41, 5.74) is 1.17. The van der Waals surface area contributed by atoms with E-state index in [1.807, 2.05) is 24.0 Å². The first-order valence-electron chi connectivity index (χ1n) is 8.12. The molecule has 5 nitrogen and oxygen atoms in total. The topological polar surface area (TPSA) is 47.4 Å². The molecule has 0 unspecified atom stereocenters. The van der Waals surface area contributed by atoms with Crippen LogP contribution in [0.3, 0.4) is 0 Å². The average molecular weight is 291 g/mol. The summed E-state index contributed by atoms with van der Waals surface area (Å²) in [6.07, 6.45) is 10.2. The Hall–Kier alpha value is -1.36. The number of hydrogen-bond donors (Lipinski definition) is 0. The number of hydrogen-bond acceptors (Lipinski definition) is 3. The number of likely N-dealkylation sites (tertiary alicyclic amines) is 1. The van der Waals surface area contributed by atoms with Gasteiger partial charge in [-0.3, -0.25) is 9.48 Å². The van der Waals surface area contributed by atoms with Crippen LogP contribution in [0.1, 0.15) is 44.1 Å². The van der Waals surface area contributed by atoms with E-state index < -0.39 is 0 Å². The zero-order chi connectivity index (χ0) is 14.7. The summed E-state index contributed by atoms with van der Waals surface area (Å²) in [7, 11) is 0. The van der Waals surface area contributed by atoms with E-state index in [0.29, 0.717) is 18.6 Å². The Morgan fingerprint density at radius 2 is 2.33 bits per heavy atom. The molecule has 0 aromatic carbocycles. The summed E-state index contributed by atoms with van der Waals surface area (Å²) in [6.45, 7) is 4.63. The molecule has 0 radical (unpaired) electrons. The Balaban J connectivity index is 1.51. The molecule has 2 atom stereocenters. The van der Waals surface area contributed by atoms with E-state index in [4.69, 9.17) is 4.74 Å². The Kier molecular flexibility index (Phi) is 4.58. The van der Waals surface area contributed by atoms with Crippen molar-refractivity contribution in [2.75, 3.05) is 13.2 Å². The van der Waals surface area contributed by atoms with Gasteiger partial charge in [0.15, 0.2) is 0 Å². The molecule has 2 fully saturated rings. The van der Waals surface area contributed by atoms with Crippen molar-refractivity contribution in [3.8, 4) is 0 Å². The van der Waals surface area contributed by atoms with E-state index >= 15 is 0 Å². The standard InChI is InChI=1S/C16H25N3O2/c1-13-10-17-18(11-13)12-14-4-2-8-19(14)16(20)7-6-15-5-3-9-21-15/h10-11,14-15H,2-9,12H2,1H3/t14-,15+/m0/s1. The van der Waals surface area contributed by atoms with Crippen molar-refractivity contribution in [3.63, 3.8) is 0 Å². The third kappa shape index (κ3) is 3.64. The van der Waals surface area contributed by atoms with Crippen LogP contribution in [0.2, 0.25) is 0 Å². The predicted molar refractivity (Wildman–Crippen MR) is 79.9 cm³/mol. The number of carbonyl (C=O) groups excluding carboxylic acids is 1. The van der Waals surface area contributed by atoms with Crippen LogP contribution in [-0.4, -0.2) is 45.9 Å². The lowest BCUT2D eigenvalue weighted by Gasteiger charge is -2.25. The monoisotopic (exact) mass is 291 g/mol. The number of aryl methyl sites for hydroxylation is 1. The third-order valence-electron chi connectivity index (χ3n) is 4.56. The highest BCUT2D eigenvalue weighted by atomic mass is 16.5. The molecule has 3 rings (SSSR count). The highest BCUT2D eigenvalue weighted by molar-refractivity contribution is 5.76. The van der Waals surface area contributed by atoms with Crippen LogP contribution in [0.15, 0.2) is 12.4 Å². The number of aromatic nitrogens is 2. The Labute approximate surface area is 126 Å². The number of ether oxygens (including phenoxy) is 1.